The van der Waals surface area contributed by atoms with Crippen molar-refractivity contribution in [2.45, 2.75) is 19.2 Å². The first-order valence-electron chi connectivity index (χ1n) is 6.42. The molecule has 0 bridgehead atoms. The number of alkyl halides is 1. The first-order valence-corrected chi connectivity index (χ1v) is 6.86. The number of para-hydroxylation sites is 1. The van der Waals surface area contributed by atoms with Crippen LogP contribution in [-0.2, 0) is 0 Å². The molecular formula is C15H12ClF2N3. The number of imidazole rings is 1. The maximum absolute atomic E-state index is 14.1. The number of pyridine rings is 1. The van der Waals surface area contributed by atoms with E-state index in [1.54, 1.807) is 19.2 Å². The maximum atomic E-state index is 14.1. The molecule has 0 amide bonds. The van der Waals surface area contributed by atoms with Crippen molar-refractivity contribution < 1.29 is 8.78 Å². The highest BCUT2D eigenvalue weighted by atomic mass is 35.5. The summed E-state index contributed by atoms with van der Waals surface area (Å²) >= 11 is 6.12. The second-order valence-corrected chi connectivity index (χ2v) is 5.50. The highest BCUT2D eigenvalue weighted by molar-refractivity contribution is 6.20. The summed E-state index contributed by atoms with van der Waals surface area (Å²) in [6.07, 6.45) is 1.63. The summed E-state index contributed by atoms with van der Waals surface area (Å²) < 4.78 is 29.6. The average Bonchev–Trinajstić information content (AvgIpc) is 2.77. The Bertz CT molecular complexity index is 807. The van der Waals surface area contributed by atoms with Gasteiger partial charge >= 0.3 is 0 Å². The lowest BCUT2D eigenvalue weighted by Crippen LogP contribution is -2.07. The van der Waals surface area contributed by atoms with E-state index >= 15 is 0 Å². The Balaban J connectivity index is 2.42. The maximum Gasteiger partial charge on any atom is 0.164 e. The fourth-order valence-electron chi connectivity index (χ4n) is 2.27. The quantitative estimate of drug-likeness (QED) is 0.661. The molecule has 3 nitrogen and oxygen atoms in total. The molecule has 6 heteroatoms. The molecule has 1 unspecified atom stereocenters. The number of nitrogens with zero attached hydrogens (tertiary/aromatic N) is 3. The molecule has 0 N–H and O–H groups in total. The molecule has 0 saturated heterocycles. The summed E-state index contributed by atoms with van der Waals surface area (Å²) in [4.78, 5) is 8.62. The van der Waals surface area contributed by atoms with E-state index in [-0.39, 0.29) is 5.69 Å². The summed E-state index contributed by atoms with van der Waals surface area (Å²) in [6.45, 7) is 3.57. The van der Waals surface area contributed by atoms with Crippen LogP contribution in [-0.4, -0.2) is 14.5 Å². The number of hydrogen-bond donors (Lipinski definition) is 0. The predicted molar refractivity (Wildman–Crippen MR) is 77.8 cm³/mol. The van der Waals surface area contributed by atoms with Crippen molar-refractivity contribution in [2.75, 3.05) is 0 Å². The van der Waals surface area contributed by atoms with Gasteiger partial charge in [0.25, 0.3) is 0 Å². The van der Waals surface area contributed by atoms with Crippen molar-refractivity contribution in [1.82, 2.24) is 14.5 Å². The predicted octanol–water partition coefficient (Wildman–Crippen LogP) is 4.31. The Kier molecular flexibility index (Phi) is 3.37. The largest absolute Gasteiger partial charge is 0.274 e. The van der Waals surface area contributed by atoms with Crippen molar-refractivity contribution >= 4 is 22.8 Å². The lowest BCUT2D eigenvalue weighted by molar-refractivity contribution is 0.567. The van der Waals surface area contributed by atoms with Gasteiger partial charge in [-0.25, -0.2) is 18.7 Å². The molecular weight excluding hydrogens is 296 g/mol. The number of aromatic nitrogens is 3. The molecule has 21 heavy (non-hydrogen) atoms. The molecule has 1 aromatic carbocycles. The van der Waals surface area contributed by atoms with Gasteiger partial charge in [0, 0.05) is 6.20 Å². The van der Waals surface area contributed by atoms with Crippen LogP contribution < -0.4 is 0 Å². The van der Waals surface area contributed by atoms with Gasteiger partial charge in [0.05, 0.1) is 5.38 Å². The Labute approximate surface area is 125 Å². The molecule has 0 spiro atoms. The summed E-state index contributed by atoms with van der Waals surface area (Å²) in [5.74, 6) is -1.01. The molecule has 0 aliphatic carbocycles. The highest BCUT2D eigenvalue weighted by Gasteiger charge is 2.22. The molecule has 0 aliphatic rings. The van der Waals surface area contributed by atoms with E-state index in [4.69, 9.17) is 11.6 Å². The standard InChI is InChI=1S/C15H12ClF2N3/c1-8-6-12-15(19-7-8)21(14(20-12)9(2)16)13-10(17)4-3-5-11(13)18/h3-7,9H,1-2H3. The molecule has 1 atom stereocenters. The lowest BCUT2D eigenvalue weighted by Gasteiger charge is -2.11. The van der Waals surface area contributed by atoms with Crippen LogP contribution in [0.5, 0.6) is 0 Å². The van der Waals surface area contributed by atoms with E-state index in [1.165, 1.54) is 22.8 Å². The van der Waals surface area contributed by atoms with E-state index in [0.29, 0.717) is 17.0 Å². The Morgan fingerprint density at radius 2 is 1.90 bits per heavy atom. The fourth-order valence-corrected chi connectivity index (χ4v) is 2.42. The van der Waals surface area contributed by atoms with Gasteiger partial charge in [0.2, 0.25) is 0 Å². The highest BCUT2D eigenvalue weighted by Crippen LogP contribution is 2.29. The zero-order valence-electron chi connectivity index (χ0n) is 11.4. The molecule has 3 rings (SSSR count). The fraction of sp³-hybridized carbons (Fsp3) is 0.200. The zero-order valence-corrected chi connectivity index (χ0v) is 12.2. The number of fused-ring (bicyclic) bond motifs is 1. The van der Waals surface area contributed by atoms with Gasteiger partial charge in [-0.3, -0.25) is 4.57 Å². The SMILES string of the molecule is Cc1cnc2c(c1)nc(C(C)Cl)n2-c1c(F)cccc1F. The summed E-state index contributed by atoms with van der Waals surface area (Å²) in [6, 6.07) is 5.51. The molecule has 0 fully saturated rings. The minimum absolute atomic E-state index is 0.209. The molecule has 0 radical (unpaired) electrons. The average molecular weight is 308 g/mol. The Morgan fingerprint density at radius 1 is 1.24 bits per heavy atom. The Hall–Kier alpha value is -2.01. The van der Waals surface area contributed by atoms with Crippen LogP contribution in [0.3, 0.4) is 0 Å². The number of aryl methyl sites for hydroxylation is 1. The molecule has 0 saturated carbocycles. The normalized spacial score (nSPS) is 12.8. The van der Waals surface area contributed by atoms with Crippen LogP contribution in [0, 0.1) is 18.6 Å². The molecule has 0 aliphatic heterocycles. The summed E-state index contributed by atoms with van der Waals surface area (Å²) in [5.41, 5.74) is 1.64. The van der Waals surface area contributed by atoms with Crippen molar-refractivity contribution in [3.05, 3.63) is 53.5 Å². The number of benzene rings is 1. The van der Waals surface area contributed by atoms with Gasteiger partial charge in [-0.05, 0) is 37.6 Å². The number of rotatable bonds is 2. The second-order valence-electron chi connectivity index (χ2n) is 4.85. The van der Waals surface area contributed by atoms with Crippen LogP contribution >= 0.6 is 11.6 Å². The molecule has 2 heterocycles. The molecule has 3 aromatic rings. The molecule has 108 valence electrons. The van der Waals surface area contributed by atoms with Crippen molar-refractivity contribution in [3.63, 3.8) is 0 Å². The lowest BCUT2D eigenvalue weighted by atomic mass is 10.2. The van der Waals surface area contributed by atoms with Crippen LogP contribution in [0.2, 0.25) is 0 Å². The monoisotopic (exact) mass is 307 g/mol. The van der Waals surface area contributed by atoms with Crippen LogP contribution in [0.25, 0.3) is 16.9 Å². The van der Waals surface area contributed by atoms with Gasteiger partial charge in [0.15, 0.2) is 5.65 Å². The number of hydrogen-bond acceptors (Lipinski definition) is 2. The van der Waals surface area contributed by atoms with Crippen molar-refractivity contribution in [3.8, 4) is 5.69 Å². The van der Waals surface area contributed by atoms with E-state index in [0.717, 1.165) is 5.56 Å². The van der Waals surface area contributed by atoms with E-state index in [9.17, 15) is 8.78 Å². The van der Waals surface area contributed by atoms with Gasteiger partial charge in [-0.1, -0.05) is 6.07 Å². The molecule has 2 aromatic heterocycles. The van der Waals surface area contributed by atoms with Gasteiger partial charge in [-0.15, -0.1) is 11.6 Å². The topological polar surface area (TPSA) is 30.7 Å². The van der Waals surface area contributed by atoms with Crippen molar-refractivity contribution in [1.29, 1.82) is 0 Å². The van der Waals surface area contributed by atoms with E-state index in [2.05, 4.69) is 9.97 Å². The van der Waals surface area contributed by atoms with Gasteiger partial charge in [-0.2, -0.15) is 0 Å². The second kappa shape index (κ2) is 5.07. The first-order chi connectivity index (χ1) is 9.99. The summed E-state index contributed by atoms with van der Waals surface area (Å²) in [7, 11) is 0. The summed E-state index contributed by atoms with van der Waals surface area (Å²) in [5, 5.41) is -0.515. The zero-order chi connectivity index (χ0) is 15.1. The van der Waals surface area contributed by atoms with E-state index < -0.39 is 17.0 Å². The minimum Gasteiger partial charge on any atom is -0.274 e. The minimum atomic E-state index is -0.685. The third-order valence-electron chi connectivity index (χ3n) is 3.18. The third-order valence-corrected chi connectivity index (χ3v) is 3.37. The van der Waals surface area contributed by atoms with Crippen LogP contribution in [0.1, 0.15) is 23.7 Å². The van der Waals surface area contributed by atoms with E-state index in [1.807, 2.05) is 6.92 Å². The third kappa shape index (κ3) is 2.27. The van der Waals surface area contributed by atoms with Crippen LogP contribution in [0.15, 0.2) is 30.5 Å². The van der Waals surface area contributed by atoms with Crippen LogP contribution in [0.4, 0.5) is 8.78 Å². The van der Waals surface area contributed by atoms with Crippen molar-refractivity contribution in [2.24, 2.45) is 0 Å². The van der Waals surface area contributed by atoms with Gasteiger partial charge < -0.3 is 0 Å². The first kappa shape index (κ1) is 13.9. The van der Waals surface area contributed by atoms with Gasteiger partial charge in [0.1, 0.15) is 28.7 Å². The Morgan fingerprint density at radius 3 is 2.52 bits per heavy atom. The number of halogens is 3. The smallest absolute Gasteiger partial charge is 0.164 e.